The van der Waals surface area contributed by atoms with E-state index in [-0.39, 0.29) is 23.7 Å². The Morgan fingerprint density at radius 2 is 1.86 bits per heavy atom. The second kappa shape index (κ2) is 4.90. The van der Waals surface area contributed by atoms with Gasteiger partial charge in [0.2, 0.25) is 0 Å². The SMILES string of the molecule is Fc1cccc([C@H]2Nc3c(F)cc(F)cc3[C@H]3C=CC[C@@H]32)c1. The Labute approximate surface area is 126 Å². The van der Waals surface area contributed by atoms with Gasteiger partial charge in [-0.05, 0) is 41.7 Å². The number of fused-ring (bicyclic) bond motifs is 3. The standard InChI is InChI=1S/C18H14F3N/c19-11-4-1-3-10(7-11)17-14-6-2-5-13(14)15-8-12(20)9-16(21)18(15)22-17/h1-5,7-9,13-14,17,22H,6H2/t13-,14-,17+/m0/s1. The molecule has 1 heterocycles. The van der Waals surface area contributed by atoms with E-state index in [1.807, 2.05) is 18.2 Å². The van der Waals surface area contributed by atoms with E-state index < -0.39 is 11.6 Å². The van der Waals surface area contributed by atoms with Crippen LogP contribution in [0.2, 0.25) is 0 Å². The molecule has 2 aromatic carbocycles. The monoisotopic (exact) mass is 301 g/mol. The molecule has 4 rings (SSSR count). The minimum Gasteiger partial charge on any atom is -0.375 e. The summed E-state index contributed by atoms with van der Waals surface area (Å²) in [5.74, 6) is -1.39. The third-order valence-electron chi connectivity index (χ3n) is 4.59. The molecule has 0 saturated carbocycles. The second-order valence-electron chi connectivity index (χ2n) is 5.88. The van der Waals surface area contributed by atoms with Crippen LogP contribution in [0.25, 0.3) is 0 Å². The Balaban J connectivity index is 1.84. The largest absolute Gasteiger partial charge is 0.375 e. The van der Waals surface area contributed by atoms with Crippen molar-refractivity contribution in [2.75, 3.05) is 5.32 Å². The number of allylic oxidation sites excluding steroid dienone is 2. The van der Waals surface area contributed by atoms with Gasteiger partial charge in [-0.1, -0.05) is 24.3 Å². The molecule has 1 aliphatic heterocycles. The average molecular weight is 301 g/mol. The molecule has 0 unspecified atom stereocenters. The van der Waals surface area contributed by atoms with Crippen molar-refractivity contribution in [1.29, 1.82) is 0 Å². The van der Waals surface area contributed by atoms with Gasteiger partial charge in [0.05, 0.1) is 11.7 Å². The number of halogens is 3. The van der Waals surface area contributed by atoms with Crippen LogP contribution in [0.3, 0.4) is 0 Å². The molecule has 1 N–H and O–H groups in total. The molecule has 22 heavy (non-hydrogen) atoms. The van der Waals surface area contributed by atoms with E-state index in [0.717, 1.165) is 18.1 Å². The molecule has 0 spiro atoms. The maximum Gasteiger partial charge on any atom is 0.149 e. The van der Waals surface area contributed by atoms with Crippen molar-refractivity contribution in [3.63, 3.8) is 0 Å². The summed E-state index contributed by atoms with van der Waals surface area (Å²) in [6.45, 7) is 0. The summed E-state index contributed by atoms with van der Waals surface area (Å²) in [6.07, 6.45) is 4.83. The third kappa shape index (κ3) is 2.02. The first-order valence-corrected chi connectivity index (χ1v) is 7.31. The molecule has 1 nitrogen and oxygen atoms in total. The molecular weight excluding hydrogens is 287 g/mol. The molecule has 0 saturated heterocycles. The summed E-state index contributed by atoms with van der Waals surface area (Å²) in [5.41, 5.74) is 1.75. The number of hydrogen-bond acceptors (Lipinski definition) is 1. The van der Waals surface area contributed by atoms with E-state index in [1.165, 1.54) is 18.2 Å². The third-order valence-corrected chi connectivity index (χ3v) is 4.59. The van der Waals surface area contributed by atoms with Crippen LogP contribution >= 0.6 is 0 Å². The zero-order chi connectivity index (χ0) is 15.3. The van der Waals surface area contributed by atoms with Gasteiger partial charge in [0, 0.05) is 12.0 Å². The van der Waals surface area contributed by atoms with Gasteiger partial charge in [-0.25, -0.2) is 13.2 Å². The number of anilines is 1. The predicted octanol–water partition coefficient (Wildman–Crippen LogP) is 4.93. The first-order valence-electron chi connectivity index (χ1n) is 7.31. The first kappa shape index (κ1) is 13.4. The molecule has 2 aliphatic rings. The number of benzene rings is 2. The van der Waals surface area contributed by atoms with E-state index in [1.54, 1.807) is 6.07 Å². The van der Waals surface area contributed by atoms with Crippen LogP contribution in [0.1, 0.15) is 29.5 Å². The van der Waals surface area contributed by atoms with Gasteiger partial charge in [0.25, 0.3) is 0 Å². The van der Waals surface area contributed by atoms with Crippen LogP contribution in [0.5, 0.6) is 0 Å². The summed E-state index contributed by atoms with van der Waals surface area (Å²) >= 11 is 0. The summed E-state index contributed by atoms with van der Waals surface area (Å²) in [4.78, 5) is 0. The lowest BCUT2D eigenvalue weighted by Crippen LogP contribution is -2.30. The highest BCUT2D eigenvalue weighted by Crippen LogP contribution is 2.50. The van der Waals surface area contributed by atoms with Crippen LogP contribution in [0.4, 0.5) is 18.9 Å². The second-order valence-corrected chi connectivity index (χ2v) is 5.88. The van der Waals surface area contributed by atoms with Gasteiger partial charge in [-0.2, -0.15) is 0 Å². The van der Waals surface area contributed by atoms with Crippen LogP contribution in [-0.4, -0.2) is 0 Å². The normalized spacial score (nSPS) is 25.5. The number of rotatable bonds is 1. The zero-order valence-corrected chi connectivity index (χ0v) is 11.7. The molecule has 0 radical (unpaired) electrons. The zero-order valence-electron chi connectivity index (χ0n) is 11.7. The highest BCUT2D eigenvalue weighted by molar-refractivity contribution is 5.60. The van der Waals surface area contributed by atoms with Crippen molar-refractivity contribution < 1.29 is 13.2 Å². The smallest absolute Gasteiger partial charge is 0.149 e. The van der Waals surface area contributed by atoms with Gasteiger partial charge in [-0.15, -0.1) is 0 Å². The topological polar surface area (TPSA) is 12.0 Å². The molecule has 0 fully saturated rings. The van der Waals surface area contributed by atoms with Crippen molar-refractivity contribution in [3.8, 4) is 0 Å². The Morgan fingerprint density at radius 1 is 1.00 bits per heavy atom. The molecule has 112 valence electrons. The molecule has 1 aliphatic carbocycles. The van der Waals surface area contributed by atoms with Crippen LogP contribution in [0, 0.1) is 23.4 Å². The van der Waals surface area contributed by atoms with E-state index in [4.69, 9.17) is 0 Å². The van der Waals surface area contributed by atoms with E-state index in [2.05, 4.69) is 5.32 Å². The summed E-state index contributed by atoms with van der Waals surface area (Å²) in [5, 5.41) is 3.16. The van der Waals surface area contributed by atoms with E-state index in [0.29, 0.717) is 11.3 Å². The first-order chi connectivity index (χ1) is 10.6. The Bertz CT molecular complexity index is 769. The van der Waals surface area contributed by atoms with Gasteiger partial charge in [-0.3, -0.25) is 0 Å². The van der Waals surface area contributed by atoms with Gasteiger partial charge < -0.3 is 5.32 Å². The minimum atomic E-state index is -0.602. The van der Waals surface area contributed by atoms with Crippen LogP contribution < -0.4 is 5.32 Å². The fourth-order valence-corrected chi connectivity index (χ4v) is 3.65. The molecule has 0 aromatic heterocycles. The molecular formula is C18H14F3N. The lowest BCUT2D eigenvalue weighted by molar-refractivity contribution is 0.417. The molecule has 0 bridgehead atoms. The van der Waals surface area contributed by atoms with Gasteiger partial charge in [0.15, 0.2) is 0 Å². The lowest BCUT2D eigenvalue weighted by atomic mass is 9.77. The van der Waals surface area contributed by atoms with Crippen molar-refractivity contribution >= 4 is 5.69 Å². The Kier molecular flexibility index (Phi) is 2.99. The highest BCUT2D eigenvalue weighted by atomic mass is 19.1. The van der Waals surface area contributed by atoms with Gasteiger partial charge in [0.1, 0.15) is 17.5 Å². The fraction of sp³-hybridized carbons (Fsp3) is 0.222. The Hall–Kier alpha value is -2.23. The average Bonchev–Trinajstić information content (AvgIpc) is 2.96. The number of nitrogens with one attached hydrogen (secondary N) is 1. The minimum absolute atomic E-state index is 0.0466. The van der Waals surface area contributed by atoms with Crippen molar-refractivity contribution in [2.45, 2.75) is 18.4 Å². The Morgan fingerprint density at radius 3 is 2.68 bits per heavy atom. The summed E-state index contributed by atoms with van der Waals surface area (Å²) in [7, 11) is 0. The highest BCUT2D eigenvalue weighted by Gasteiger charge is 2.39. The van der Waals surface area contributed by atoms with E-state index in [9.17, 15) is 13.2 Å². The molecule has 3 atom stereocenters. The van der Waals surface area contributed by atoms with E-state index >= 15 is 0 Å². The van der Waals surface area contributed by atoms with Gasteiger partial charge >= 0.3 is 0 Å². The van der Waals surface area contributed by atoms with Crippen molar-refractivity contribution in [1.82, 2.24) is 0 Å². The maximum atomic E-state index is 14.2. The van der Waals surface area contributed by atoms with Crippen molar-refractivity contribution in [2.24, 2.45) is 5.92 Å². The van der Waals surface area contributed by atoms with Crippen LogP contribution in [0.15, 0.2) is 48.6 Å². The quantitative estimate of drug-likeness (QED) is 0.736. The lowest BCUT2D eigenvalue weighted by Gasteiger charge is -2.37. The number of hydrogen-bond donors (Lipinski definition) is 1. The molecule has 0 amide bonds. The molecule has 2 aromatic rings. The fourth-order valence-electron chi connectivity index (χ4n) is 3.65. The molecule has 4 heteroatoms. The predicted molar refractivity (Wildman–Crippen MR) is 79.1 cm³/mol. The van der Waals surface area contributed by atoms with Crippen LogP contribution in [-0.2, 0) is 0 Å². The maximum absolute atomic E-state index is 14.2. The summed E-state index contributed by atoms with van der Waals surface area (Å²) < 4.78 is 41.2. The summed E-state index contributed by atoms with van der Waals surface area (Å²) in [6, 6.07) is 8.43. The van der Waals surface area contributed by atoms with Crippen molar-refractivity contribution in [3.05, 3.63) is 77.1 Å².